The molecule has 1 aliphatic carbocycles. The van der Waals surface area contributed by atoms with Crippen molar-refractivity contribution in [2.45, 2.75) is 39.0 Å². The number of amides is 2. The van der Waals surface area contributed by atoms with Crippen LogP contribution in [0.25, 0.3) is 6.08 Å². The van der Waals surface area contributed by atoms with E-state index in [1.54, 1.807) is 30.3 Å². The number of sulfonamides is 1. The molecular formula is C19H24N2O4S2. The van der Waals surface area contributed by atoms with Crippen molar-refractivity contribution < 1.29 is 18.0 Å². The van der Waals surface area contributed by atoms with E-state index >= 15 is 0 Å². The van der Waals surface area contributed by atoms with Crippen molar-refractivity contribution in [1.82, 2.24) is 4.90 Å². The van der Waals surface area contributed by atoms with Gasteiger partial charge in [0, 0.05) is 12.2 Å². The minimum atomic E-state index is -3.33. The minimum Gasteiger partial charge on any atom is -0.284 e. The topological polar surface area (TPSA) is 83.6 Å². The van der Waals surface area contributed by atoms with Crippen LogP contribution in [0.3, 0.4) is 0 Å². The van der Waals surface area contributed by atoms with Crippen LogP contribution in [-0.2, 0) is 14.8 Å². The van der Waals surface area contributed by atoms with Crippen LogP contribution in [-0.4, -0.2) is 37.3 Å². The van der Waals surface area contributed by atoms with Gasteiger partial charge in [0.1, 0.15) is 0 Å². The number of hydrogen-bond acceptors (Lipinski definition) is 5. The zero-order valence-corrected chi connectivity index (χ0v) is 17.2. The molecule has 2 amide bonds. The standard InChI is InChI=1S/C19H24N2O4S2/c1-19(10-4-3-5-11-19)13-21-17(22)16(26-18(21)23)12-14-6-8-15(9-7-14)20-27(2,24)25/h6-9,12,20H,3-5,10-11,13H2,1-2H3/b16-12-. The lowest BCUT2D eigenvalue weighted by atomic mass is 9.75. The molecule has 2 fully saturated rings. The highest BCUT2D eigenvalue weighted by atomic mass is 32.2. The van der Waals surface area contributed by atoms with Crippen molar-refractivity contribution >= 4 is 44.7 Å². The number of rotatable bonds is 5. The highest BCUT2D eigenvalue weighted by molar-refractivity contribution is 8.18. The second-order valence-electron chi connectivity index (χ2n) is 7.64. The normalized spacial score (nSPS) is 21.7. The number of nitrogens with one attached hydrogen (secondary N) is 1. The Labute approximate surface area is 164 Å². The van der Waals surface area contributed by atoms with Gasteiger partial charge in [0.25, 0.3) is 11.1 Å². The van der Waals surface area contributed by atoms with Crippen molar-refractivity contribution in [3.8, 4) is 0 Å². The van der Waals surface area contributed by atoms with Crippen LogP contribution in [0.4, 0.5) is 10.5 Å². The van der Waals surface area contributed by atoms with Crippen LogP contribution < -0.4 is 4.72 Å². The van der Waals surface area contributed by atoms with E-state index in [4.69, 9.17) is 0 Å². The van der Waals surface area contributed by atoms with Crippen molar-refractivity contribution in [2.75, 3.05) is 17.5 Å². The predicted octanol–water partition coefficient (Wildman–Crippen LogP) is 4.06. The fourth-order valence-corrected chi connectivity index (χ4v) is 5.00. The van der Waals surface area contributed by atoms with Gasteiger partial charge in [-0.3, -0.25) is 19.2 Å². The van der Waals surface area contributed by atoms with Crippen molar-refractivity contribution in [3.05, 3.63) is 34.7 Å². The zero-order chi connectivity index (χ0) is 19.7. The molecule has 1 N–H and O–H groups in total. The van der Waals surface area contributed by atoms with E-state index in [0.29, 0.717) is 17.1 Å². The Bertz CT molecular complexity index is 869. The lowest BCUT2D eigenvalue weighted by Crippen LogP contribution is -2.39. The summed E-state index contributed by atoms with van der Waals surface area (Å²) in [5, 5.41) is -0.214. The molecule has 1 aromatic rings. The molecule has 1 heterocycles. The van der Waals surface area contributed by atoms with Crippen molar-refractivity contribution in [1.29, 1.82) is 0 Å². The van der Waals surface area contributed by atoms with E-state index < -0.39 is 10.0 Å². The Morgan fingerprint density at radius 2 is 1.78 bits per heavy atom. The second-order valence-corrected chi connectivity index (χ2v) is 10.4. The molecule has 0 spiro atoms. The van der Waals surface area contributed by atoms with Gasteiger partial charge in [-0.1, -0.05) is 38.3 Å². The maximum absolute atomic E-state index is 12.7. The summed E-state index contributed by atoms with van der Waals surface area (Å²) in [5.41, 5.74) is 1.20. The summed E-state index contributed by atoms with van der Waals surface area (Å²) in [7, 11) is -3.33. The monoisotopic (exact) mass is 408 g/mol. The predicted molar refractivity (Wildman–Crippen MR) is 109 cm³/mol. The molecule has 0 bridgehead atoms. The van der Waals surface area contributed by atoms with E-state index in [9.17, 15) is 18.0 Å². The molecule has 2 aliphatic rings. The molecule has 3 rings (SSSR count). The fourth-order valence-electron chi connectivity index (χ4n) is 3.59. The maximum atomic E-state index is 12.7. The number of hydrogen-bond donors (Lipinski definition) is 1. The van der Waals surface area contributed by atoms with Crippen LogP contribution in [0.15, 0.2) is 29.2 Å². The van der Waals surface area contributed by atoms with E-state index in [2.05, 4.69) is 11.6 Å². The summed E-state index contributed by atoms with van der Waals surface area (Å²) in [6, 6.07) is 6.67. The molecule has 1 aliphatic heterocycles. The summed E-state index contributed by atoms with van der Waals surface area (Å²) < 4.78 is 24.9. The first-order chi connectivity index (χ1) is 12.7. The van der Waals surface area contributed by atoms with E-state index in [-0.39, 0.29) is 16.6 Å². The van der Waals surface area contributed by atoms with Crippen LogP contribution >= 0.6 is 11.8 Å². The number of nitrogens with zero attached hydrogens (tertiary/aromatic N) is 1. The van der Waals surface area contributed by atoms with Gasteiger partial charge in [-0.15, -0.1) is 0 Å². The Morgan fingerprint density at radius 3 is 2.37 bits per heavy atom. The minimum absolute atomic E-state index is 0.0124. The molecule has 1 saturated carbocycles. The van der Waals surface area contributed by atoms with Crippen LogP contribution in [0.5, 0.6) is 0 Å². The molecule has 6 nitrogen and oxygen atoms in total. The quantitative estimate of drug-likeness (QED) is 0.743. The Kier molecular flexibility index (Phi) is 5.67. The number of anilines is 1. The van der Waals surface area contributed by atoms with Gasteiger partial charge in [0.05, 0.1) is 11.2 Å². The first kappa shape index (κ1) is 19.9. The number of thioether (sulfide) groups is 1. The third kappa shape index (κ3) is 5.13. The third-order valence-electron chi connectivity index (χ3n) is 4.99. The summed E-state index contributed by atoms with van der Waals surface area (Å²) >= 11 is 0.965. The molecule has 0 unspecified atom stereocenters. The molecular weight excluding hydrogens is 384 g/mol. The smallest absolute Gasteiger partial charge is 0.284 e. The van der Waals surface area contributed by atoms with Crippen LogP contribution in [0.2, 0.25) is 0 Å². The molecule has 27 heavy (non-hydrogen) atoms. The van der Waals surface area contributed by atoms with Gasteiger partial charge in [0.2, 0.25) is 10.0 Å². The maximum Gasteiger partial charge on any atom is 0.293 e. The van der Waals surface area contributed by atoms with E-state index in [1.165, 1.54) is 11.3 Å². The molecule has 8 heteroatoms. The first-order valence-corrected chi connectivity index (χ1v) is 11.7. The molecule has 0 atom stereocenters. The van der Waals surface area contributed by atoms with Gasteiger partial charge < -0.3 is 0 Å². The van der Waals surface area contributed by atoms with Gasteiger partial charge in [-0.05, 0) is 53.8 Å². The third-order valence-corrected chi connectivity index (χ3v) is 6.50. The van der Waals surface area contributed by atoms with E-state index in [1.807, 2.05) is 0 Å². The van der Waals surface area contributed by atoms with Crippen LogP contribution in [0, 0.1) is 5.41 Å². The average molecular weight is 409 g/mol. The molecule has 0 aromatic heterocycles. The number of benzene rings is 1. The zero-order valence-electron chi connectivity index (χ0n) is 15.5. The Balaban J connectivity index is 1.72. The molecule has 0 radical (unpaired) electrons. The molecule has 1 aromatic carbocycles. The lowest BCUT2D eigenvalue weighted by Gasteiger charge is -2.35. The SMILES string of the molecule is CC1(CN2C(=O)S/C(=C\c3ccc(NS(C)(=O)=O)cc3)C2=O)CCCCC1. The fraction of sp³-hybridized carbons (Fsp3) is 0.474. The lowest BCUT2D eigenvalue weighted by molar-refractivity contribution is -0.124. The summed E-state index contributed by atoms with van der Waals surface area (Å²) in [5.74, 6) is -0.241. The van der Waals surface area contributed by atoms with Gasteiger partial charge >= 0.3 is 0 Å². The summed E-state index contributed by atoms with van der Waals surface area (Å²) in [6.07, 6.45) is 8.38. The van der Waals surface area contributed by atoms with Gasteiger partial charge in [-0.2, -0.15) is 0 Å². The number of carbonyl (C=O) groups is 2. The number of imide groups is 1. The first-order valence-electron chi connectivity index (χ1n) is 8.99. The summed E-state index contributed by atoms with van der Waals surface area (Å²) in [6.45, 7) is 2.64. The second kappa shape index (κ2) is 7.67. The highest BCUT2D eigenvalue weighted by Gasteiger charge is 2.40. The highest BCUT2D eigenvalue weighted by Crippen LogP contribution is 2.40. The number of carbonyl (C=O) groups excluding carboxylic acids is 2. The summed E-state index contributed by atoms with van der Waals surface area (Å²) in [4.78, 5) is 26.9. The Hall–Kier alpha value is -1.80. The van der Waals surface area contributed by atoms with Crippen molar-refractivity contribution in [3.63, 3.8) is 0 Å². The largest absolute Gasteiger partial charge is 0.293 e. The van der Waals surface area contributed by atoms with Gasteiger partial charge in [0.15, 0.2) is 0 Å². The molecule has 146 valence electrons. The van der Waals surface area contributed by atoms with Crippen molar-refractivity contribution in [2.24, 2.45) is 5.41 Å². The van der Waals surface area contributed by atoms with E-state index in [0.717, 1.165) is 49.3 Å². The average Bonchev–Trinajstić information content (AvgIpc) is 2.83. The van der Waals surface area contributed by atoms with Gasteiger partial charge in [-0.25, -0.2) is 8.42 Å². The Morgan fingerprint density at radius 1 is 1.15 bits per heavy atom. The molecule has 1 saturated heterocycles. The van der Waals surface area contributed by atoms with Crippen LogP contribution in [0.1, 0.15) is 44.6 Å².